The third-order valence-corrected chi connectivity index (χ3v) is 18.0. The van der Waals surface area contributed by atoms with E-state index in [2.05, 4.69) is 180 Å². The van der Waals surface area contributed by atoms with E-state index in [1.165, 1.54) is 31.9 Å². The van der Waals surface area contributed by atoms with Crippen molar-refractivity contribution in [1.29, 1.82) is 0 Å². The van der Waals surface area contributed by atoms with E-state index >= 15 is 0 Å². The molecule has 13 aromatic rings. The third-order valence-electron chi connectivity index (χ3n) is 13.2. The minimum atomic E-state index is -2.91. The van der Waals surface area contributed by atoms with Crippen LogP contribution < -0.4 is 20.7 Å². The maximum absolute atomic E-state index is 9.38. The highest BCUT2D eigenvalue weighted by Gasteiger charge is 2.41. The van der Waals surface area contributed by atoms with E-state index in [1.807, 2.05) is 47.0 Å². The normalized spacial score (nSPS) is 12.9. The Labute approximate surface area is 376 Å². The lowest BCUT2D eigenvalue weighted by molar-refractivity contribution is 0.669. The van der Waals surface area contributed by atoms with Crippen molar-refractivity contribution in [2.24, 2.45) is 0 Å². The van der Waals surface area contributed by atoms with Crippen LogP contribution in [-0.4, -0.2) is 17.2 Å². The fourth-order valence-corrected chi connectivity index (χ4v) is 15.2. The van der Waals surface area contributed by atoms with Gasteiger partial charge in [-0.3, -0.25) is 0 Å². The highest BCUT2D eigenvalue weighted by Crippen LogP contribution is 2.45. The zero-order valence-electron chi connectivity index (χ0n) is 38.6. The van der Waals surface area contributed by atoms with Gasteiger partial charge in [-0.25, -0.2) is 0 Å². The van der Waals surface area contributed by atoms with Crippen molar-refractivity contribution < 1.29 is 9.90 Å². The van der Waals surface area contributed by atoms with Crippen molar-refractivity contribution in [3.05, 3.63) is 243 Å². The first-order valence-corrected chi connectivity index (χ1v) is 23.7. The second kappa shape index (κ2) is 14.5. The second-order valence-electron chi connectivity index (χ2n) is 16.5. The Morgan fingerprint density at radius 2 is 0.891 bits per heavy atom. The van der Waals surface area contributed by atoms with Crippen LogP contribution in [0.4, 0.5) is 0 Å². The zero-order valence-corrected chi connectivity index (χ0v) is 35.6. The second-order valence-corrected chi connectivity index (χ2v) is 20.3. The van der Waals surface area contributed by atoms with Gasteiger partial charge >= 0.3 is 0 Å². The first-order chi connectivity index (χ1) is 33.4. The van der Waals surface area contributed by atoms with Gasteiger partial charge in [0.25, 0.3) is 0 Å². The molecule has 0 N–H and O–H groups in total. The number of furan rings is 1. The summed E-state index contributed by atoms with van der Waals surface area (Å²) in [7, 11) is -2.91. The minimum absolute atomic E-state index is 0.0581. The molecule has 3 heterocycles. The summed E-state index contributed by atoms with van der Waals surface area (Å²) in [5.74, 6) is 0. The summed E-state index contributed by atoms with van der Waals surface area (Å²) in [6.07, 6.45) is 0. The SMILES string of the molecule is [2H]c1c([2H])c([2H])c2c(c1[2H])c1ccccc1n2-c1cc2oc3ccccc3c2c2c1c1ccccc1n2-c1ccc([Si](c2ccccc2)(c2ccccc2)c2ccc(-c3ccccc3)cc2)cc1. The smallest absolute Gasteiger partial charge is 0.179 e. The molecule has 0 radical (unpaired) electrons. The average Bonchev–Trinajstić information content (AvgIpc) is 4.07. The van der Waals surface area contributed by atoms with Crippen molar-refractivity contribution in [3.8, 4) is 22.5 Å². The number of aromatic nitrogens is 2. The number of rotatable bonds is 7. The molecule has 0 fully saturated rings. The van der Waals surface area contributed by atoms with E-state index in [4.69, 9.17) is 8.53 Å². The molecule has 0 spiro atoms. The number of fused-ring (bicyclic) bond motifs is 10. The lowest BCUT2D eigenvalue weighted by atomic mass is 10.1. The molecule has 10 aromatic carbocycles. The van der Waals surface area contributed by atoms with Gasteiger partial charge in [0.05, 0.1) is 38.6 Å². The standard InChI is InChI=1S/C60H40N2OSi/c1-4-18-41(19-5-1)42-32-36-46(37-33-42)64(44-20-6-2-7-21-44,45-22-8-3-9-23-45)47-38-34-43(35-39-47)61-54-30-16-12-26-50(54)58-55(40-57-59(60(58)61)51-27-13-17-31-56(51)63-57)62-52-28-14-10-24-48(52)49-25-11-15-29-53(49)62/h1-40H/i10D,14D,24D,28D. The van der Waals surface area contributed by atoms with Crippen LogP contribution in [0.15, 0.2) is 247 Å². The Bertz CT molecular complexity index is 4070. The largest absolute Gasteiger partial charge is 0.456 e. The molecule has 0 aliphatic carbocycles. The molecule has 0 saturated carbocycles. The maximum Gasteiger partial charge on any atom is 0.179 e. The van der Waals surface area contributed by atoms with Crippen molar-refractivity contribution in [1.82, 2.24) is 9.13 Å². The van der Waals surface area contributed by atoms with E-state index in [-0.39, 0.29) is 24.2 Å². The number of nitrogens with zero attached hydrogens (tertiary/aromatic N) is 2. The first kappa shape index (κ1) is 32.5. The molecule has 0 aliphatic rings. The van der Waals surface area contributed by atoms with Gasteiger partial charge in [-0.05, 0) is 68.2 Å². The van der Waals surface area contributed by atoms with Gasteiger partial charge in [0.2, 0.25) is 0 Å². The van der Waals surface area contributed by atoms with Crippen LogP contribution in [-0.2, 0) is 0 Å². The van der Waals surface area contributed by atoms with Crippen molar-refractivity contribution in [3.63, 3.8) is 0 Å². The summed E-state index contributed by atoms with van der Waals surface area (Å²) in [6, 6.07) is 76.8. The lowest BCUT2D eigenvalue weighted by Gasteiger charge is -2.34. The molecule has 0 saturated heterocycles. The zero-order chi connectivity index (χ0) is 45.7. The molecule has 64 heavy (non-hydrogen) atoms. The Hall–Kier alpha value is -8.18. The van der Waals surface area contributed by atoms with Gasteiger partial charge in [-0.2, -0.15) is 0 Å². The molecular formula is C60H40N2OSi. The molecule has 4 heteroatoms. The quantitative estimate of drug-likeness (QED) is 0.116. The van der Waals surface area contributed by atoms with E-state index in [1.54, 1.807) is 0 Å². The van der Waals surface area contributed by atoms with Crippen LogP contribution in [0.25, 0.3) is 88.1 Å². The summed E-state index contributed by atoms with van der Waals surface area (Å²) in [5, 5.41) is 10.3. The highest BCUT2D eigenvalue weighted by atomic mass is 28.3. The fourth-order valence-electron chi connectivity index (χ4n) is 10.5. The Morgan fingerprint density at radius 1 is 0.375 bits per heavy atom. The first-order valence-electron chi connectivity index (χ1n) is 23.7. The van der Waals surface area contributed by atoms with Gasteiger partial charge in [-0.1, -0.05) is 200 Å². The molecule has 0 unspecified atom stereocenters. The molecular weight excluding hydrogens is 793 g/mol. The summed E-state index contributed by atoms with van der Waals surface area (Å²) in [4.78, 5) is 0. The van der Waals surface area contributed by atoms with E-state index in [0.29, 0.717) is 16.5 Å². The maximum atomic E-state index is 9.38. The topological polar surface area (TPSA) is 23.0 Å². The summed E-state index contributed by atoms with van der Waals surface area (Å²) in [6.45, 7) is 0. The number of para-hydroxylation sites is 4. The summed E-state index contributed by atoms with van der Waals surface area (Å²) >= 11 is 0. The van der Waals surface area contributed by atoms with Crippen LogP contribution in [0, 0.1) is 0 Å². The van der Waals surface area contributed by atoms with Gasteiger partial charge < -0.3 is 13.6 Å². The molecule has 13 rings (SSSR count). The summed E-state index contributed by atoms with van der Waals surface area (Å²) < 4.78 is 47.2. The Kier molecular flexibility index (Phi) is 7.34. The van der Waals surface area contributed by atoms with Gasteiger partial charge in [0.15, 0.2) is 8.07 Å². The van der Waals surface area contributed by atoms with Gasteiger partial charge in [0.1, 0.15) is 11.2 Å². The number of hydrogen-bond acceptors (Lipinski definition) is 1. The minimum Gasteiger partial charge on any atom is -0.456 e. The molecule has 3 aromatic heterocycles. The molecule has 300 valence electrons. The van der Waals surface area contributed by atoms with Crippen LogP contribution in [0.2, 0.25) is 0 Å². The monoisotopic (exact) mass is 836 g/mol. The molecule has 0 atom stereocenters. The van der Waals surface area contributed by atoms with E-state index in [9.17, 15) is 1.37 Å². The highest BCUT2D eigenvalue weighted by molar-refractivity contribution is 7.19. The predicted molar refractivity (Wildman–Crippen MR) is 271 cm³/mol. The molecule has 0 aliphatic heterocycles. The summed E-state index contributed by atoms with van der Waals surface area (Å²) in [5.41, 5.74) is 8.73. The average molecular weight is 837 g/mol. The van der Waals surface area contributed by atoms with Crippen LogP contribution in [0.3, 0.4) is 0 Å². The van der Waals surface area contributed by atoms with Crippen molar-refractivity contribution >= 4 is 94.4 Å². The van der Waals surface area contributed by atoms with Crippen molar-refractivity contribution in [2.75, 3.05) is 0 Å². The molecule has 3 nitrogen and oxygen atoms in total. The lowest BCUT2D eigenvalue weighted by Crippen LogP contribution is -2.74. The van der Waals surface area contributed by atoms with Gasteiger partial charge in [0, 0.05) is 38.7 Å². The Balaban J connectivity index is 1.11. The Morgan fingerprint density at radius 3 is 1.58 bits per heavy atom. The van der Waals surface area contributed by atoms with E-state index in [0.717, 1.165) is 60.4 Å². The third kappa shape index (κ3) is 5.33. The fraction of sp³-hybridized carbons (Fsp3) is 0. The number of hydrogen-bond donors (Lipinski definition) is 0. The van der Waals surface area contributed by atoms with Gasteiger partial charge in [-0.15, -0.1) is 0 Å². The number of benzene rings is 10. The van der Waals surface area contributed by atoms with Crippen LogP contribution in [0.5, 0.6) is 0 Å². The van der Waals surface area contributed by atoms with E-state index < -0.39 is 8.07 Å². The van der Waals surface area contributed by atoms with Crippen LogP contribution >= 0.6 is 0 Å². The molecule has 0 bridgehead atoms. The van der Waals surface area contributed by atoms with Crippen LogP contribution in [0.1, 0.15) is 5.48 Å². The molecule has 0 amide bonds. The predicted octanol–water partition coefficient (Wildman–Crippen LogP) is 12.8. The van der Waals surface area contributed by atoms with Crippen molar-refractivity contribution in [2.45, 2.75) is 0 Å².